The van der Waals surface area contributed by atoms with Gasteiger partial charge in [-0.05, 0) is 251 Å². The highest BCUT2D eigenvalue weighted by Gasteiger charge is 2.48. The molecule has 0 bridgehead atoms. The number of benzene rings is 5. The molecule has 0 aliphatic carbocycles. The second kappa shape index (κ2) is 40.9. The molecule has 0 spiro atoms. The van der Waals surface area contributed by atoms with Crippen molar-refractivity contribution in [2.45, 2.75) is 266 Å². The Balaban J connectivity index is 0.000000155. The largest absolute Gasteiger partial charge is 0.416 e. The van der Waals surface area contributed by atoms with Crippen molar-refractivity contribution >= 4 is 29.5 Å². The van der Waals surface area contributed by atoms with Crippen molar-refractivity contribution in [3.8, 4) is 0 Å². The van der Waals surface area contributed by atoms with E-state index in [1.54, 1.807) is 70.7 Å². The zero-order valence-corrected chi connectivity index (χ0v) is 74.5. The number of hydrogen-bond acceptors (Lipinski definition) is 12. The number of amides is 5. The van der Waals surface area contributed by atoms with Crippen LogP contribution in [0, 0.1) is 0 Å². The number of nitrogens with zero attached hydrogens (tertiary/aromatic N) is 12. The molecule has 10 heterocycles. The zero-order chi connectivity index (χ0) is 94.0. The normalized spacial score (nSPS) is 21.6. The van der Waals surface area contributed by atoms with Gasteiger partial charge < -0.3 is 34.3 Å². The molecule has 128 heavy (non-hydrogen) atoms. The fourth-order valence-corrected chi connectivity index (χ4v) is 18.3. The topological polar surface area (TPSA) is 124 Å². The van der Waals surface area contributed by atoms with Gasteiger partial charge in [0.05, 0.1) is 27.8 Å². The lowest BCUT2D eigenvalue weighted by Crippen LogP contribution is -2.45. The van der Waals surface area contributed by atoms with Crippen molar-refractivity contribution in [3.05, 3.63) is 172 Å². The molecule has 4 atom stereocenters. The fraction of sp³-hybridized carbons (Fsp3) is 0.620. The molecule has 36 heteroatoms. The van der Waals surface area contributed by atoms with Gasteiger partial charge >= 0.3 is 30.9 Å². The van der Waals surface area contributed by atoms with Crippen molar-refractivity contribution in [1.29, 1.82) is 0 Å². The number of hydrogen-bond donors (Lipinski definition) is 0. The minimum Gasteiger partial charge on any atom is -0.332 e. The minimum atomic E-state index is -4.58. The first-order chi connectivity index (χ1) is 59.8. The van der Waals surface area contributed by atoms with Crippen LogP contribution >= 0.6 is 0 Å². The van der Waals surface area contributed by atoms with E-state index in [9.17, 15) is 107 Å². The number of likely N-dealkylation sites (tertiary alicyclic amines) is 3. The SMILES string of the molecule is CC(C)N1Cc2c(cc(CN3CCC(F)C(F)C3)cc2C(F)(F)F)C1=O.CC(C)N1Cc2c(cc(CN3CCCC(F)C3)cc2C(F)(F)F)C1=O.CC(C)N1Cc2c(cc(CN3CCCCC(F)C3)cc2C(F)(F)F)C1=O.CC(C)N1Cc2c(cc(CN3CCN(C)CC3)cc2C(F)(F)F)C1=O.CCN1CCN(Cc2cc3c(c(C(F)(F)F)c2)CN(C(C)C)C3=O)CC1. The Morgan fingerprint density at radius 3 is 0.781 bits per heavy atom. The Morgan fingerprint density at radius 2 is 0.531 bits per heavy atom. The molecule has 708 valence electrons. The van der Waals surface area contributed by atoms with Crippen LogP contribution in [0.3, 0.4) is 0 Å². The summed E-state index contributed by atoms with van der Waals surface area (Å²) >= 11 is 0. The molecule has 4 unspecified atom stereocenters. The van der Waals surface area contributed by atoms with Crippen molar-refractivity contribution in [1.82, 2.24) is 58.8 Å². The minimum absolute atomic E-state index is 0.00853. The number of likely N-dealkylation sites (N-methyl/N-ethyl adjacent to an activating group) is 2. The van der Waals surface area contributed by atoms with Gasteiger partial charge in [-0.3, -0.25) is 48.5 Å². The van der Waals surface area contributed by atoms with Crippen LogP contribution in [0.2, 0.25) is 0 Å². The smallest absolute Gasteiger partial charge is 0.332 e. The average Bonchev–Trinajstić information content (AvgIpc) is 1.63. The first-order valence-electron chi connectivity index (χ1n) is 44.1. The van der Waals surface area contributed by atoms with Crippen LogP contribution < -0.4 is 0 Å². The second-order valence-corrected chi connectivity index (χ2v) is 36.6. The molecular formula is C92H117F19N12O5. The third-order valence-electron chi connectivity index (χ3n) is 25.5. The molecule has 0 aromatic heterocycles. The standard InChI is InChI=1S/C19H24F4N2O.C19H26F3N3O.C18H21F5N2O.C18H22F4N2O.C18H24F3N3O/c1-12(2)25-11-16-15(18(25)26)7-13(8-17(16)19(21,22)23)9-24-6-4-3-5-14(20)10-24;1-4-23-5-7-24(8-6-23)11-14-9-15-16(17(10-14)19(20,21)22)12-25(13(2)3)18(15)26;1-10(2)25-8-13-12(17(25)26)5-11(6-14(13)18(21,22)23)7-24-4-3-15(19)16(20)9-24;1-11(2)24-10-15-14(17(24)25)6-12(7-16(15)18(20,21)22)8-23-5-3-4-13(19)9-23;1-12(2)24-11-15-14(17(24)25)8-13(9-16(15)18(19,20)21)10-23-6-4-22(3)5-7-23/h7-8,12,14H,3-6,9-11H2,1-2H3;9-10,13H,4-8,11-12H2,1-3H3;5-6,10,15-16H,3-4,7-9H2,1-2H3;6-7,11,13H,3-5,8-10H2,1-2H3;8-9,12H,4-7,10-11H2,1-3H3. The number of fused-ring (bicyclic) bond motifs is 5. The molecule has 10 aliphatic heterocycles. The van der Waals surface area contributed by atoms with E-state index >= 15 is 0 Å². The Labute approximate surface area is 735 Å². The molecule has 5 aromatic rings. The van der Waals surface area contributed by atoms with Crippen molar-refractivity contribution in [2.75, 3.05) is 105 Å². The van der Waals surface area contributed by atoms with Crippen LogP contribution in [0.4, 0.5) is 83.4 Å². The van der Waals surface area contributed by atoms with Crippen LogP contribution in [-0.4, -0.2) is 248 Å². The molecular weight excluding hydrogens is 1710 g/mol. The fourth-order valence-electron chi connectivity index (χ4n) is 18.3. The predicted molar refractivity (Wildman–Crippen MR) is 446 cm³/mol. The van der Waals surface area contributed by atoms with Crippen LogP contribution in [0.15, 0.2) is 60.7 Å². The lowest BCUT2D eigenvalue weighted by molar-refractivity contribution is -0.139. The maximum absolute atomic E-state index is 13.8. The van der Waals surface area contributed by atoms with Crippen LogP contribution in [0.5, 0.6) is 0 Å². The highest BCUT2D eigenvalue weighted by Crippen LogP contribution is 2.46. The number of halogens is 19. The number of rotatable bonds is 16. The van der Waals surface area contributed by atoms with E-state index in [1.165, 1.54) is 42.7 Å². The highest BCUT2D eigenvalue weighted by molar-refractivity contribution is 6.02. The van der Waals surface area contributed by atoms with Crippen molar-refractivity contribution in [3.63, 3.8) is 0 Å². The third kappa shape index (κ3) is 24.2. The number of alkyl halides is 19. The Morgan fingerprint density at radius 1 is 0.289 bits per heavy atom. The maximum atomic E-state index is 13.8. The molecule has 5 fully saturated rings. The third-order valence-corrected chi connectivity index (χ3v) is 25.5. The van der Waals surface area contributed by atoms with Gasteiger partial charge in [0.15, 0.2) is 0 Å². The number of carbonyl (C=O) groups excluding carboxylic acids is 5. The van der Waals surface area contributed by atoms with E-state index in [2.05, 4.69) is 26.5 Å². The lowest BCUT2D eigenvalue weighted by Gasteiger charge is -2.34. The molecule has 0 saturated carbocycles. The molecule has 5 saturated heterocycles. The van der Waals surface area contributed by atoms with Gasteiger partial charge in [0.1, 0.15) is 24.7 Å². The number of carbonyl (C=O) groups is 5. The summed E-state index contributed by atoms with van der Waals surface area (Å²) in [6.07, 6.45) is -24.3. The Kier molecular flexibility index (Phi) is 32.1. The van der Waals surface area contributed by atoms with Crippen LogP contribution in [0.1, 0.15) is 250 Å². The van der Waals surface area contributed by atoms with Gasteiger partial charge in [-0.25, -0.2) is 17.6 Å². The van der Waals surface area contributed by atoms with Gasteiger partial charge in [0.25, 0.3) is 29.5 Å². The van der Waals surface area contributed by atoms with E-state index in [0.29, 0.717) is 73.3 Å². The summed E-state index contributed by atoms with van der Waals surface area (Å²) in [5.41, 5.74) is -0.272. The first-order valence-corrected chi connectivity index (χ1v) is 44.1. The van der Waals surface area contributed by atoms with Gasteiger partial charge in [-0.1, -0.05) is 6.92 Å². The van der Waals surface area contributed by atoms with Gasteiger partial charge in [-0.2, -0.15) is 65.9 Å². The molecule has 0 N–H and O–H groups in total. The summed E-state index contributed by atoms with van der Waals surface area (Å²) < 4.78 is 257. The summed E-state index contributed by atoms with van der Waals surface area (Å²) in [6, 6.07) is 12.9. The molecule has 15 rings (SSSR count). The van der Waals surface area contributed by atoms with Crippen molar-refractivity contribution < 1.29 is 107 Å². The maximum Gasteiger partial charge on any atom is 0.416 e. The van der Waals surface area contributed by atoms with Crippen LogP contribution in [-0.2, 0) is 96.3 Å². The van der Waals surface area contributed by atoms with E-state index in [4.69, 9.17) is 0 Å². The molecule has 10 aliphatic rings. The second-order valence-electron chi connectivity index (χ2n) is 36.6. The Bertz CT molecular complexity index is 4760. The molecule has 0 radical (unpaired) electrons. The quantitative estimate of drug-likeness (QED) is 0.0874. The summed E-state index contributed by atoms with van der Waals surface area (Å²) in [5.74, 6) is -1.73. The van der Waals surface area contributed by atoms with E-state index in [0.717, 1.165) is 89.9 Å². The van der Waals surface area contributed by atoms with Crippen LogP contribution in [0.25, 0.3) is 0 Å². The monoisotopic (exact) mass is 1830 g/mol. The summed E-state index contributed by atoms with van der Waals surface area (Å²) in [7, 11) is 2.04. The Hall–Kier alpha value is -8.16. The average molecular weight is 1830 g/mol. The predicted octanol–water partition coefficient (Wildman–Crippen LogP) is 18.4. The number of piperazine rings is 2. The summed E-state index contributed by atoms with van der Waals surface area (Å²) in [6.45, 7) is 31.2. The van der Waals surface area contributed by atoms with Gasteiger partial charge in [0, 0.05) is 202 Å². The van der Waals surface area contributed by atoms with E-state index in [-0.39, 0.29) is 194 Å². The lowest BCUT2D eigenvalue weighted by atomic mass is 9.98. The number of piperidine rings is 2. The van der Waals surface area contributed by atoms with E-state index in [1.807, 2.05) is 44.5 Å². The summed E-state index contributed by atoms with van der Waals surface area (Å²) in [4.78, 5) is 84.0. The van der Waals surface area contributed by atoms with Gasteiger partial charge in [-0.15, -0.1) is 0 Å². The van der Waals surface area contributed by atoms with Gasteiger partial charge in [0.2, 0.25) is 0 Å². The first kappa shape index (κ1) is 100. The highest BCUT2D eigenvalue weighted by atomic mass is 19.4. The molecule has 5 aromatic carbocycles. The van der Waals surface area contributed by atoms with E-state index < -0.39 is 89.3 Å². The zero-order valence-electron chi connectivity index (χ0n) is 74.5. The molecule has 5 amide bonds. The molecule has 17 nitrogen and oxygen atoms in total. The summed E-state index contributed by atoms with van der Waals surface area (Å²) in [5, 5.41) is 0. The van der Waals surface area contributed by atoms with Crippen molar-refractivity contribution in [2.24, 2.45) is 0 Å².